The number of unbranched alkanes of at least 4 members (excludes halogenated alkanes) is 1. The van der Waals surface area contributed by atoms with Crippen molar-refractivity contribution >= 4 is 7.05 Å². The van der Waals surface area contributed by atoms with Crippen molar-refractivity contribution in [1.29, 1.82) is 0 Å². The molecule has 0 heterocycles. The zero-order chi connectivity index (χ0) is 20.7. The van der Waals surface area contributed by atoms with Crippen LogP contribution >= 0.6 is 7.05 Å². The van der Waals surface area contributed by atoms with Crippen LogP contribution in [0.25, 0.3) is 0 Å². The van der Waals surface area contributed by atoms with E-state index in [9.17, 15) is 0 Å². The maximum absolute atomic E-state index is 5.43. The summed E-state index contributed by atoms with van der Waals surface area (Å²) in [5.74, 6) is 0. The Kier molecular flexibility index (Phi) is 19.1. The Morgan fingerprint density at radius 3 is 1.86 bits per heavy atom. The second-order valence-corrected chi connectivity index (χ2v) is 12.1. The Hall–Kier alpha value is -0.0957. The zero-order valence-electron chi connectivity index (χ0n) is 19.9. The van der Waals surface area contributed by atoms with Crippen LogP contribution < -0.4 is 0 Å². The van der Waals surface area contributed by atoms with E-state index in [0.29, 0.717) is 0 Å². The van der Waals surface area contributed by atoms with Gasteiger partial charge >= 0.3 is 0 Å². The fourth-order valence-electron chi connectivity index (χ4n) is 3.66. The molecule has 0 amide bonds. The molecule has 0 aliphatic heterocycles. The van der Waals surface area contributed by atoms with E-state index < -0.39 is 7.05 Å². The van der Waals surface area contributed by atoms with E-state index in [1.54, 1.807) is 0 Å². The molecule has 0 saturated carbocycles. The van der Waals surface area contributed by atoms with E-state index in [1.807, 2.05) is 13.0 Å². The van der Waals surface area contributed by atoms with Gasteiger partial charge in [-0.25, -0.2) is 0 Å². The molecule has 0 aromatic rings. The third-order valence-corrected chi connectivity index (χ3v) is 11.8. The van der Waals surface area contributed by atoms with Gasteiger partial charge in [-0.2, -0.15) is 0 Å². The Labute approximate surface area is 192 Å². The van der Waals surface area contributed by atoms with Crippen LogP contribution in [-0.4, -0.2) is 17.0 Å². The largest absolute Gasteiger partial charge is 0.271 e. The van der Waals surface area contributed by atoms with Crippen molar-refractivity contribution in [3.05, 3.63) is 48.2 Å². The normalized spacial score (nSPS) is 18.6. The van der Waals surface area contributed by atoms with Gasteiger partial charge in [-0.15, -0.1) is 0 Å². The molecule has 0 aromatic carbocycles. The van der Waals surface area contributed by atoms with E-state index in [0.717, 1.165) is 23.4 Å². The van der Waals surface area contributed by atoms with Crippen LogP contribution in [0.4, 0.5) is 0 Å². The van der Waals surface area contributed by atoms with Gasteiger partial charge < -0.3 is 0 Å². The molecule has 3 atom stereocenters. The quantitative estimate of drug-likeness (QED) is 0.183. The van der Waals surface area contributed by atoms with Gasteiger partial charge in [-0.1, -0.05) is 91.3 Å². The fraction of sp³-hybridized carbons (Fsp3) is 0.680. The molecule has 3 unspecified atom stereocenters. The number of hydrogen-bond donors (Lipinski definition) is 0. The van der Waals surface area contributed by atoms with Crippen LogP contribution in [0.3, 0.4) is 0 Å². The molecule has 28 heavy (non-hydrogen) atoms. The van der Waals surface area contributed by atoms with Crippen molar-refractivity contribution in [3.63, 3.8) is 0 Å². The molecular formula is C25H46NPTi. The number of hydrogen-bond acceptors (Lipinski definition) is 1. The van der Waals surface area contributed by atoms with E-state index in [1.165, 1.54) is 37.8 Å². The summed E-state index contributed by atoms with van der Waals surface area (Å²) in [6.45, 7) is 18.5. The van der Waals surface area contributed by atoms with Crippen molar-refractivity contribution in [1.82, 2.24) is 0 Å². The Bertz CT molecular complexity index is 524. The summed E-state index contributed by atoms with van der Waals surface area (Å²) in [7, 11) is -1.30. The van der Waals surface area contributed by atoms with E-state index in [2.05, 4.69) is 84.9 Å². The van der Waals surface area contributed by atoms with Crippen molar-refractivity contribution in [2.24, 2.45) is 4.74 Å². The van der Waals surface area contributed by atoms with Crippen LogP contribution in [0.15, 0.2) is 53.0 Å². The topological polar surface area (TPSA) is 12.4 Å². The summed E-state index contributed by atoms with van der Waals surface area (Å²) in [5.41, 5.74) is 3.57. The zero-order valence-corrected chi connectivity index (χ0v) is 22.4. The minimum Gasteiger partial charge on any atom is -0.271 e. The second-order valence-electron chi connectivity index (χ2n) is 7.70. The molecule has 160 valence electrons. The molecule has 0 aromatic heterocycles. The molecular weight excluding hydrogens is 393 g/mol. The minimum atomic E-state index is -1.30. The molecule has 1 rings (SSSR count). The Balaban J connectivity index is 0. The first-order valence-corrected chi connectivity index (χ1v) is 13.1. The van der Waals surface area contributed by atoms with E-state index in [4.69, 9.17) is 4.74 Å². The molecule has 0 spiro atoms. The first-order valence-electron chi connectivity index (χ1n) is 11.2. The van der Waals surface area contributed by atoms with Gasteiger partial charge in [0.1, 0.15) is 0 Å². The molecule has 1 aliphatic rings. The summed E-state index contributed by atoms with van der Waals surface area (Å²) in [5, 5.41) is 0. The van der Waals surface area contributed by atoms with Crippen molar-refractivity contribution in [3.8, 4) is 0 Å². The second kappa shape index (κ2) is 17.7. The maximum Gasteiger partial charge on any atom is 0.0425 e. The van der Waals surface area contributed by atoms with Crippen LogP contribution in [0, 0.1) is 0 Å². The first-order chi connectivity index (χ1) is 12.9. The van der Waals surface area contributed by atoms with Gasteiger partial charge in [0.05, 0.1) is 0 Å². The Morgan fingerprint density at radius 2 is 1.50 bits per heavy atom. The fourth-order valence-corrected chi connectivity index (χ4v) is 9.21. The van der Waals surface area contributed by atoms with Gasteiger partial charge in [0.2, 0.25) is 0 Å². The summed E-state index contributed by atoms with van der Waals surface area (Å²) in [4.78, 5) is 0. The molecule has 3 heteroatoms. The van der Waals surface area contributed by atoms with Crippen LogP contribution in [-0.2, 0) is 21.7 Å². The average molecular weight is 439 g/mol. The van der Waals surface area contributed by atoms with Crippen molar-refractivity contribution in [2.45, 2.75) is 111 Å². The average Bonchev–Trinajstić information content (AvgIpc) is 3.21. The molecule has 0 saturated heterocycles. The van der Waals surface area contributed by atoms with Crippen molar-refractivity contribution in [2.75, 3.05) is 0 Å². The molecule has 0 N–H and O–H groups in total. The smallest absolute Gasteiger partial charge is 0.0425 e. The summed E-state index contributed by atoms with van der Waals surface area (Å²) in [6, 6.07) is 0. The molecule has 0 radical (unpaired) electrons. The SMILES string of the molecule is CC=CC=CCCC.CCC(C)P(=NC1=CC=CC1)(C(C)CC)C(C)CC.[Ti]. The third kappa shape index (κ3) is 9.60. The predicted molar refractivity (Wildman–Crippen MR) is 129 cm³/mol. The molecule has 0 fully saturated rings. The predicted octanol–water partition coefficient (Wildman–Crippen LogP) is 9.34. The standard InChI is InChI=1S/C17H32NP.C8H14.Ti/c1-7-14(4)19(15(5)8-2,16(6)9-3)18-17-12-10-11-13-17;1-3-5-7-8-6-4-2;/h10-12,14-16H,7-9,13H2,1-6H3;3,5,7-8H,4,6H2,1-2H3;. The summed E-state index contributed by atoms with van der Waals surface area (Å²) < 4.78 is 5.43. The maximum atomic E-state index is 5.43. The van der Waals surface area contributed by atoms with Gasteiger partial charge in [0.15, 0.2) is 0 Å². The summed E-state index contributed by atoms with van der Waals surface area (Å²) >= 11 is 0. The van der Waals surface area contributed by atoms with Crippen molar-refractivity contribution < 1.29 is 21.7 Å². The summed E-state index contributed by atoms with van der Waals surface area (Å²) in [6.07, 6.45) is 22.2. The van der Waals surface area contributed by atoms with E-state index in [-0.39, 0.29) is 21.7 Å². The van der Waals surface area contributed by atoms with E-state index >= 15 is 0 Å². The number of allylic oxidation sites excluding steroid dienone is 7. The number of nitrogens with zero attached hydrogens (tertiary/aromatic N) is 1. The van der Waals surface area contributed by atoms with Crippen LogP contribution in [0.5, 0.6) is 0 Å². The van der Waals surface area contributed by atoms with Gasteiger partial charge in [0.25, 0.3) is 0 Å². The third-order valence-electron chi connectivity index (χ3n) is 5.84. The van der Waals surface area contributed by atoms with Crippen LogP contribution in [0.1, 0.15) is 93.9 Å². The van der Waals surface area contributed by atoms with Gasteiger partial charge in [-0.3, -0.25) is 4.74 Å². The Morgan fingerprint density at radius 1 is 0.964 bits per heavy atom. The molecule has 1 nitrogen and oxygen atoms in total. The molecule has 1 aliphatic carbocycles. The number of rotatable bonds is 10. The minimum absolute atomic E-state index is 0. The molecule has 0 bridgehead atoms. The van der Waals surface area contributed by atoms with Crippen LogP contribution in [0.2, 0.25) is 0 Å². The first kappa shape index (κ1) is 30.1. The van der Waals surface area contributed by atoms with Gasteiger partial charge in [-0.05, 0) is 62.7 Å². The monoisotopic (exact) mass is 439 g/mol. The van der Waals surface area contributed by atoms with Gasteiger partial charge in [0, 0.05) is 33.8 Å².